The molecule has 4 fully saturated rings. The van der Waals surface area contributed by atoms with Gasteiger partial charge in [0.2, 0.25) is 0 Å². The van der Waals surface area contributed by atoms with Gasteiger partial charge < -0.3 is 87.9 Å². The Morgan fingerprint density at radius 1 is 0.738 bits per heavy atom. The Hall–Kier alpha value is -0.680. The lowest BCUT2D eigenvalue weighted by Crippen LogP contribution is -2.65. The number of nitrogens with one attached hydrogen (secondary N) is 1. The van der Waals surface area contributed by atoms with E-state index in [2.05, 4.69) is 5.32 Å². The maximum absolute atomic E-state index is 11.2. The van der Waals surface area contributed by atoms with Crippen LogP contribution in [0.25, 0.3) is 0 Å². The standard InChI is InChI=1S/C25H50N6O11/c1-8(31-2)12-4-3-9(27)23(37-12)40-20-11(29)5-10(28)16(33)22(20)42-25-19(36)21(14(7-32)39-25)41-24-15(30)18(35)17(34)13(6-26)38-24/h8-25,31-36H,3-7,26-30H2,1-2H3/t8-,9+,10+,11-,12-,13-,14+,15+,16-,17+,18+,19+,20+,21+,22+,23+,24+,25-/m0/s1. The summed E-state index contributed by atoms with van der Waals surface area (Å²) >= 11 is 0. The highest BCUT2D eigenvalue weighted by Crippen LogP contribution is 2.34. The normalized spacial score (nSPS) is 51.0. The van der Waals surface area contributed by atoms with Crippen LogP contribution in [0.1, 0.15) is 26.2 Å². The van der Waals surface area contributed by atoms with Crippen LogP contribution in [-0.4, -0.2) is 156 Å². The summed E-state index contributed by atoms with van der Waals surface area (Å²) in [5.41, 5.74) is 30.5. The van der Waals surface area contributed by atoms with E-state index in [0.29, 0.717) is 6.42 Å². The molecule has 0 bridgehead atoms. The summed E-state index contributed by atoms with van der Waals surface area (Å²) in [6.45, 7) is 1.27. The molecule has 16 N–H and O–H groups in total. The van der Waals surface area contributed by atoms with Crippen molar-refractivity contribution in [3.05, 3.63) is 0 Å². The molecule has 18 atom stereocenters. The SMILES string of the molecule is CN[C@@H](C)[C@@H]1CC[C@@H](N)[C@@H](O[C@H]2[C@H](O[C@@H]3O[C@H](CO)[C@@H](O[C@H]4O[C@@H](CN)[C@@H](O)[C@H](O)[C@H]4N)[C@H]3O)[C@@H](O)[C@H](N)C[C@@H]2N)O1. The van der Waals surface area contributed by atoms with E-state index in [9.17, 15) is 25.5 Å². The van der Waals surface area contributed by atoms with Gasteiger partial charge in [0, 0.05) is 24.7 Å². The Morgan fingerprint density at radius 3 is 2.02 bits per heavy atom. The van der Waals surface area contributed by atoms with Gasteiger partial charge in [-0.1, -0.05) is 0 Å². The van der Waals surface area contributed by atoms with Crippen molar-refractivity contribution in [2.24, 2.45) is 28.7 Å². The molecule has 0 radical (unpaired) electrons. The maximum atomic E-state index is 11.2. The highest BCUT2D eigenvalue weighted by Gasteiger charge is 2.53. The van der Waals surface area contributed by atoms with E-state index in [1.165, 1.54) is 0 Å². The van der Waals surface area contributed by atoms with E-state index in [1.807, 2.05) is 14.0 Å². The number of aliphatic hydroxyl groups excluding tert-OH is 5. The Balaban J connectivity index is 1.48. The molecule has 0 aromatic heterocycles. The lowest BCUT2D eigenvalue weighted by atomic mass is 9.84. The van der Waals surface area contributed by atoms with Gasteiger partial charge in [0.05, 0.1) is 30.9 Å². The fourth-order valence-corrected chi connectivity index (χ4v) is 5.99. The van der Waals surface area contributed by atoms with Crippen LogP contribution in [0.5, 0.6) is 0 Å². The molecule has 4 rings (SSSR count). The van der Waals surface area contributed by atoms with Crippen LogP contribution in [0.2, 0.25) is 0 Å². The summed E-state index contributed by atoms with van der Waals surface area (Å²) in [5.74, 6) is 0. The first kappa shape index (κ1) is 34.2. The molecule has 3 heterocycles. The van der Waals surface area contributed by atoms with Crippen LogP contribution < -0.4 is 34.0 Å². The molecule has 0 unspecified atom stereocenters. The first-order valence-electron chi connectivity index (χ1n) is 14.6. The van der Waals surface area contributed by atoms with Crippen molar-refractivity contribution in [1.29, 1.82) is 0 Å². The zero-order chi connectivity index (χ0) is 30.9. The average Bonchev–Trinajstić information content (AvgIpc) is 3.27. The monoisotopic (exact) mass is 610 g/mol. The molecule has 0 spiro atoms. The second kappa shape index (κ2) is 14.6. The molecule has 1 saturated carbocycles. The molecule has 42 heavy (non-hydrogen) atoms. The summed E-state index contributed by atoms with van der Waals surface area (Å²) in [6.07, 6.45) is -13.1. The summed E-state index contributed by atoms with van der Waals surface area (Å²) < 4.78 is 35.7. The quantitative estimate of drug-likeness (QED) is 0.110. The fraction of sp³-hybridized carbons (Fsp3) is 1.00. The van der Waals surface area contributed by atoms with Crippen molar-refractivity contribution in [3.63, 3.8) is 0 Å². The number of hydrogen-bond acceptors (Lipinski definition) is 17. The number of nitrogens with two attached hydrogens (primary N) is 5. The Labute approximate surface area is 244 Å². The number of ether oxygens (including phenoxy) is 6. The minimum absolute atomic E-state index is 0.0369. The highest BCUT2D eigenvalue weighted by atomic mass is 16.8. The van der Waals surface area contributed by atoms with E-state index >= 15 is 0 Å². The van der Waals surface area contributed by atoms with Gasteiger partial charge in [-0.05, 0) is 33.2 Å². The van der Waals surface area contributed by atoms with Gasteiger partial charge in [-0.15, -0.1) is 0 Å². The van der Waals surface area contributed by atoms with Crippen LogP contribution in [0.4, 0.5) is 0 Å². The Bertz CT molecular complexity index is 853. The lowest BCUT2D eigenvalue weighted by molar-refractivity contribution is -0.290. The van der Waals surface area contributed by atoms with Crippen molar-refractivity contribution >= 4 is 0 Å². The van der Waals surface area contributed by atoms with E-state index in [4.69, 9.17) is 57.1 Å². The summed E-state index contributed by atoms with van der Waals surface area (Å²) in [4.78, 5) is 0. The van der Waals surface area contributed by atoms with E-state index in [1.54, 1.807) is 0 Å². The summed E-state index contributed by atoms with van der Waals surface area (Å²) in [7, 11) is 1.83. The minimum Gasteiger partial charge on any atom is -0.394 e. The van der Waals surface area contributed by atoms with Crippen molar-refractivity contribution in [1.82, 2.24) is 5.32 Å². The third kappa shape index (κ3) is 7.08. The molecule has 1 aliphatic carbocycles. The van der Waals surface area contributed by atoms with Crippen LogP contribution in [0, 0.1) is 0 Å². The number of rotatable bonds is 10. The van der Waals surface area contributed by atoms with Gasteiger partial charge in [0.15, 0.2) is 18.9 Å². The molecule has 3 aliphatic heterocycles. The van der Waals surface area contributed by atoms with Crippen molar-refractivity contribution in [2.45, 2.75) is 136 Å². The largest absolute Gasteiger partial charge is 0.394 e. The first-order valence-corrected chi connectivity index (χ1v) is 14.6. The van der Waals surface area contributed by atoms with E-state index in [0.717, 1.165) is 6.42 Å². The van der Waals surface area contributed by atoms with Gasteiger partial charge >= 0.3 is 0 Å². The molecule has 17 heteroatoms. The van der Waals surface area contributed by atoms with Gasteiger partial charge in [-0.25, -0.2) is 0 Å². The smallest absolute Gasteiger partial charge is 0.187 e. The second-order valence-corrected chi connectivity index (χ2v) is 11.8. The van der Waals surface area contributed by atoms with Crippen LogP contribution in [-0.2, 0) is 28.4 Å². The lowest BCUT2D eigenvalue weighted by Gasteiger charge is -2.46. The second-order valence-electron chi connectivity index (χ2n) is 11.8. The Morgan fingerprint density at radius 2 is 1.38 bits per heavy atom. The number of aliphatic hydroxyl groups is 5. The zero-order valence-corrected chi connectivity index (χ0v) is 24.0. The van der Waals surface area contributed by atoms with Crippen LogP contribution >= 0.6 is 0 Å². The molecular weight excluding hydrogens is 560 g/mol. The zero-order valence-electron chi connectivity index (χ0n) is 24.0. The molecule has 0 aromatic carbocycles. The topological polar surface area (TPSA) is 299 Å². The average molecular weight is 611 g/mol. The van der Waals surface area contributed by atoms with Crippen LogP contribution in [0.3, 0.4) is 0 Å². The molecule has 246 valence electrons. The molecule has 0 amide bonds. The first-order chi connectivity index (χ1) is 19.9. The fourth-order valence-electron chi connectivity index (χ4n) is 5.99. The molecule has 0 aromatic rings. The predicted octanol–water partition coefficient (Wildman–Crippen LogP) is -6.19. The number of hydrogen-bond donors (Lipinski definition) is 11. The molecular formula is C25H50N6O11. The minimum atomic E-state index is -1.52. The molecule has 17 nitrogen and oxygen atoms in total. The van der Waals surface area contributed by atoms with Gasteiger partial charge in [-0.2, -0.15) is 0 Å². The van der Waals surface area contributed by atoms with Crippen molar-refractivity contribution < 1.29 is 54.0 Å². The third-order valence-electron chi connectivity index (χ3n) is 8.85. The van der Waals surface area contributed by atoms with E-state index < -0.39 is 105 Å². The van der Waals surface area contributed by atoms with Gasteiger partial charge in [0.25, 0.3) is 0 Å². The van der Waals surface area contributed by atoms with E-state index in [-0.39, 0.29) is 25.1 Å². The third-order valence-corrected chi connectivity index (χ3v) is 8.85. The number of likely N-dealkylation sites (N-methyl/N-ethyl adjacent to an activating group) is 1. The predicted molar refractivity (Wildman–Crippen MR) is 145 cm³/mol. The van der Waals surface area contributed by atoms with Crippen LogP contribution in [0.15, 0.2) is 0 Å². The van der Waals surface area contributed by atoms with Crippen molar-refractivity contribution in [3.8, 4) is 0 Å². The molecule has 3 saturated heterocycles. The Kier molecular flexibility index (Phi) is 11.9. The van der Waals surface area contributed by atoms with Gasteiger partial charge in [-0.3, -0.25) is 0 Å². The van der Waals surface area contributed by atoms with Crippen molar-refractivity contribution in [2.75, 3.05) is 20.2 Å². The summed E-state index contributed by atoms with van der Waals surface area (Å²) in [5, 5.41) is 55.8. The molecule has 4 aliphatic rings. The highest BCUT2D eigenvalue weighted by molar-refractivity contribution is 5.01. The summed E-state index contributed by atoms with van der Waals surface area (Å²) in [6, 6.07) is -3.06. The van der Waals surface area contributed by atoms with Gasteiger partial charge in [0.1, 0.15) is 48.8 Å². The maximum Gasteiger partial charge on any atom is 0.187 e.